The standard InChI is InChI=1S/C35H46N4O5/c1-24(2)31(32(36)41)39(23-27-16-18-37-19-17-27)33(42)28(20-25-12-8-6-9-13-25)22-30(40)29(21-26-14-10-7-11-15-26)38-34(43)44-35(3,4)5/h6-19,24,28-31,40H,20-23H2,1-5H3,(H2,36,41)(H,38,43). The summed E-state index contributed by atoms with van der Waals surface area (Å²) in [6.07, 6.45) is 2.16. The number of nitrogens with one attached hydrogen (secondary N) is 1. The third-order valence-corrected chi connectivity index (χ3v) is 7.31. The van der Waals surface area contributed by atoms with Crippen LogP contribution < -0.4 is 11.1 Å². The molecular formula is C35H46N4O5. The molecule has 0 saturated heterocycles. The summed E-state index contributed by atoms with van der Waals surface area (Å²) < 4.78 is 5.50. The van der Waals surface area contributed by atoms with Crippen LogP contribution in [0.25, 0.3) is 0 Å². The highest BCUT2D eigenvalue weighted by molar-refractivity contribution is 5.88. The average Bonchev–Trinajstić information content (AvgIpc) is 2.96. The molecule has 3 aromatic rings. The number of nitrogens with two attached hydrogens (primary N) is 1. The molecule has 0 spiro atoms. The van der Waals surface area contributed by atoms with Crippen LogP contribution in [0.4, 0.5) is 4.79 Å². The smallest absolute Gasteiger partial charge is 0.407 e. The Bertz CT molecular complexity index is 1330. The van der Waals surface area contributed by atoms with Crippen molar-refractivity contribution in [2.24, 2.45) is 17.6 Å². The van der Waals surface area contributed by atoms with Gasteiger partial charge in [-0.05, 0) is 74.8 Å². The van der Waals surface area contributed by atoms with Crippen molar-refractivity contribution in [2.45, 2.75) is 84.2 Å². The number of aliphatic hydroxyl groups excluding tert-OH is 1. The minimum atomic E-state index is -1.12. The summed E-state index contributed by atoms with van der Waals surface area (Å²) >= 11 is 0. The van der Waals surface area contributed by atoms with Crippen LogP contribution >= 0.6 is 0 Å². The fourth-order valence-electron chi connectivity index (χ4n) is 5.31. The van der Waals surface area contributed by atoms with Crippen LogP contribution in [0.15, 0.2) is 85.2 Å². The SMILES string of the molecule is CC(C)C(C(N)=O)N(Cc1ccncc1)C(=O)C(Cc1ccccc1)CC(O)C(Cc1ccccc1)NC(=O)OC(C)(C)C. The molecule has 0 aliphatic heterocycles. The van der Waals surface area contributed by atoms with Crippen LogP contribution in [0.2, 0.25) is 0 Å². The molecular weight excluding hydrogens is 556 g/mol. The molecule has 9 nitrogen and oxygen atoms in total. The van der Waals surface area contributed by atoms with Crippen LogP contribution in [0.3, 0.4) is 0 Å². The zero-order chi connectivity index (χ0) is 32.3. The summed E-state index contributed by atoms with van der Waals surface area (Å²) in [5.74, 6) is -1.89. The fourth-order valence-corrected chi connectivity index (χ4v) is 5.31. The molecule has 1 heterocycles. The summed E-state index contributed by atoms with van der Waals surface area (Å²) in [5.41, 5.74) is 7.75. The van der Waals surface area contributed by atoms with Crippen LogP contribution in [-0.2, 0) is 33.7 Å². The molecule has 0 aliphatic rings. The normalized spacial score (nSPS) is 14.2. The lowest BCUT2D eigenvalue weighted by Crippen LogP contribution is -2.53. The minimum absolute atomic E-state index is 0.0252. The molecule has 0 aliphatic carbocycles. The zero-order valence-corrected chi connectivity index (χ0v) is 26.4. The van der Waals surface area contributed by atoms with Crippen molar-refractivity contribution >= 4 is 17.9 Å². The lowest BCUT2D eigenvalue weighted by molar-refractivity contribution is -0.146. The number of hydrogen-bond donors (Lipinski definition) is 3. The summed E-state index contributed by atoms with van der Waals surface area (Å²) in [4.78, 5) is 45.7. The maximum Gasteiger partial charge on any atom is 0.407 e. The Balaban J connectivity index is 1.98. The van der Waals surface area contributed by atoms with E-state index in [4.69, 9.17) is 10.5 Å². The first kappa shape index (κ1) is 34.3. The fraction of sp³-hybridized carbons (Fsp3) is 0.429. The topological polar surface area (TPSA) is 135 Å². The number of carbonyl (C=O) groups excluding carboxylic acids is 3. The molecule has 0 bridgehead atoms. The van der Waals surface area contributed by atoms with Gasteiger partial charge in [0.25, 0.3) is 0 Å². The lowest BCUT2D eigenvalue weighted by atomic mass is 9.87. The van der Waals surface area contributed by atoms with Crippen molar-refractivity contribution in [3.05, 3.63) is 102 Å². The third kappa shape index (κ3) is 10.8. The predicted molar refractivity (Wildman–Crippen MR) is 170 cm³/mol. The largest absolute Gasteiger partial charge is 0.444 e. The second-order valence-electron chi connectivity index (χ2n) is 12.5. The van der Waals surface area contributed by atoms with Gasteiger partial charge in [0.05, 0.1) is 12.1 Å². The molecule has 0 radical (unpaired) electrons. The van der Waals surface area contributed by atoms with E-state index >= 15 is 0 Å². The van der Waals surface area contributed by atoms with Gasteiger partial charge in [-0.1, -0.05) is 74.5 Å². The second kappa shape index (κ2) is 16.0. The van der Waals surface area contributed by atoms with Crippen molar-refractivity contribution in [3.8, 4) is 0 Å². The van der Waals surface area contributed by atoms with Crippen molar-refractivity contribution < 1.29 is 24.2 Å². The number of carbonyl (C=O) groups is 3. The maximum absolute atomic E-state index is 14.5. The number of primary amides is 1. The van der Waals surface area contributed by atoms with Crippen LogP contribution in [-0.4, -0.2) is 56.7 Å². The van der Waals surface area contributed by atoms with Gasteiger partial charge in [0, 0.05) is 24.9 Å². The predicted octanol–water partition coefficient (Wildman–Crippen LogP) is 4.67. The van der Waals surface area contributed by atoms with Crippen LogP contribution in [0.1, 0.15) is 57.7 Å². The van der Waals surface area contributed by atoms with Crippen molar-refractivity contribution in [3.63, 3.8) is 0 Å². The van der Waals surface area contributed by atoms with E-state index in [-0.39, 0.29) is 24.8 Å². The third-order valence-electron chi connectivity index (χ3n) is 7.31. The van der Waals surface area contributed by atoms with E-state index in [0.717, 1.165) is 16.7 Å². The Morgan fingerprint density at radius 1 is 0.886 bits per heavy atom. The van der Waals surface area contributed by atoms with Crippen molar-refractivity contribution in [2.75, 3.05) is 0 Å². The highest BCUT2D eigenvalue weighted by Gasteiger charge is 2.37. The molecule has 1 aromatic heterocycles. The van der Waals surface area contributed by atoms with Crippen LogP contribution in [0.5, 0.6) is 0 Å². The summed E-state index contributed by atoms with van der Waals surface area (Å²) in [6.45, 7) is 9.16. The second-order valence-corrected chi connectivity index (χ2v) is 12.5. The number of aromatic nitrogens is 1. The summed E-state index contributed by atoms with van der Waals surface area (Å²) in [6, 6.07) is 21.0. The van der Waals surface area contributed by atoms with Gasteiger partial charge in [-0.25, -0.2) is 4.79 Å². The molecule has 0 fully saturated rings. The van der Waals surface area contributed by atoms with E-state index in [1.165, 1.54) is 4.90 Å². The molecule has 9 heteroatoms. The van der Waals surface area contributed by atoms with Gasteiger partial charge in [-0.3, -0.25) is 14.6 Å². The number of hydrogen-bond acceptors (Lipinski definition) is 6. The Morgan fingerprint density at radius 3 is 1.93 bits per heavy atom. The number of benzene rings is 2. The monoisotopic (exact) mass is 602 g/mol. The summed E-state index contributed by atoms with van der Waals surface area (Å²) in [7, 11) is 0. The number of pyridine rings is 1. The molecule has 236 valence electrons. The number of aliphatic hydroxyl groups is 1. The molecule has 4 atom stereocenters. The first-order valence-electron chi connectivity index (χ1n) is 15.1. The number of nitrogens with zero attached hydrogens (tertiary/aromatic N) is 2. The first-order valence-corrected chi connectivity index (χ1v) is 15.1. The lowest BCUT2D eigenvalue weighted by Gasteiger charge is -2.36. The number of ether oxygens (including phenoxy) is 1. The highest BCUT2D eigenvalue weighted by Crippen LogP contribution is 2.25. The minimum Gasteiger partial charge on any atom is -0.444 e. The van der Waals surface area contributed by atoms with Gasteiger partial charge in [-0.2, -0.15) is 0 Å². The number of rotatable bonds is 14. The zero-order valence-electron chi connectivity index (χ0n) is 26.4. The molecule has 3 amide bonds. The Hall–Kier alpha value is -4.24. The van der Waals surface area contributed by atoms with E-state index in [9.17, 15) is 19.5 Å². The molecule has 2 aromatic carbocycles. The van der Waals surface area contributed by atoms with Gasteiger partial charge >= 0.3 is 6.09 Å². The molecule has 0 saturated carbocycles. The Morgan fingerprint density at radius 2 is 1.43 bits per heavy atom. The molecule has 44 heavy (non-hydrogen) atoms. The average molecular weight is 603 g/mol. The number of amides is 3. The Kier molecular flexibility index (Phi) is 12.5. The molecule has 3 rings (SSSR count). The van der Waals surface area contributed by atoms with Gasteiger partial charge in [0.15, 0.2) is 0 Å². The van der Waals surface area contributed by atoms with E-state index in [1.54, 1.807) is 45.3 Å². The van der Waals surface area contributed by atoms with E-state index < -0.39 is 41.7 Å². The molecule has 4 unspecified atom stereocenters. The van der Waals surface area contributed by atoms with Gasteiger partial charge in [0.2, 0.25) is 11.8 Å². The maximum atomic E-state index is 14.5. The quantitative estimate of drug-likeness (QED) is 0.246. The summed E-state index contributed by atoms with van der Waals surface area (Å²) in [5, 5.41) is 14.5. The highest BCUT2D eigenvalue weighted by atomic mass is 16.6. The molecule has 4 N–H and O–H groups in total. The number of alkyl carbamates (subject to hydrolysis) is 1. The van der Waals surface area contributed by atoms with E-state index in [1.807, 2.05) is 74.5 Å². The van der Waals surface area contributed by atoms with Crippen LogP contribution in [0, 0.1) is 11.8 Å². The van der Waals surface area contributed by atoms with E-state index in [0.29, 0.717) is 12.8 Å². The van der Waals surface area contributed by atoms with Gasteiger partial charge < -0.3 is 25.8 Å². The van der Waals surface area contributed by atoms with Gasteiger partial charge in [0.1, 0.15) is 11.6 Å². The first-order chi connectivity index (χ1) is 20.8. The van der Waals surface area contributed by atoms with Gasteiger partial charge in [-0.15, -0.1) is 0 Å². The van der Waals surface area contributed by atoms with E-state index in [2.05, 4.69) is 10.3 Å². The Labute approximate surface area is 260 Å². The van der Waals surface area contributed by atoms with Crippen molar-refractivity contribution in [1.82, 2.24) is 15.2 Å². The van der Waals surface area contributed by atoms with Crippen molar-refractivity contribution in [1.29, 1.82) is 0 Å².